The molecule has 0 saturated heterocycles. The smallest absolute Gasteiger partial charge is 0.219 e. The molecule has 0 fully saturated rings. The molecule has 0 saturated carbocycles. The van der Waals surface area contributed by atoms with Crippen molar-refractivity contribution in [2.45, 2.75) is 52.7 Å². The molecule has 2 aromatic heterocycles. The van der Waals surface area contributed by atoms with Gasteiger partial charge in [-0.1, -0.05) is 44.2 Å². The lowest BCUT2D eigenvalue weighted by atomic mass is 9.95. The Balaban J connectivity index is 1.91. The Kier molecular flexibility index (Phi) is 5.73. The van der Waals surface area contributed by atoms with Crippen LogP contribution in [0.25, 0.3) is 33.5 Å². The lowest BCUT2D eigenvalue weighted by Crippen LogP contribution is -2.23. The van der Waals surface area contributed by atoms with Gasteiger partial charge in [-0.15, -0.1) is 0 Å². The largest absolute Gasteiger partial charge is 0.388 e. The number of benzene rings is 2. The Bertz CT molecular complexity index is 1240. The van der Waals surface area contributed by atoms with Gasteiger partial charge in [-0.25, -0.2) is 15.0 Å². The highest BCUT2D eigenvalue weighted by Gasteiger charge is 2.25. The average Bonchev–Trinajstić information content (AvgIpc) is 3.13. The topological polar surface area (TPSA) is 89.8 Å². The number of hydrogen-bond acceptors (Lipinski definition) is 5. The van der Waals surface area contributed by atoms with E-state index in [1.807, 2.05) is 18.2 Å². The maximum atomic E-state index is 11.0. The molecule has 1 atom stereocenters. The molecule has 0 bridgehead atoms. The van der Waals surface area contributed by atoms with E-state index in [1.54, 1.807) is 12.4 Å². The Morgan fingerprint density at radius 3 is 2.34 bits per heavy atom. The molecule has 4 rings (SSSR count). The number of nitrogens with zero attached hydrogens (tertiary/aromatic N) is 4. The molecule has 1 unspecified atom stereocenters. The summed E-state index contributed by atoms with van der Waals surface area (Å²) in [6, 6.07) is 14.3. The quantitative estimate of drug-likeness (QED) is 0.432. The summed E-state index contributed by atoms with van der Waals surface area (Å²) in [7, 11) is 0. The molecule has 4 aromatic rings. The van der Waals surface area contributed by atoms with Crippen LogP contribution in [0, 0.1) is 5.92 Å². The summed E-state index contributed by atoms with van der Waals surface area (Å²) in [5, 5.41) is 11.0. The summed E-state index contributed by atoms with van der Waals surface area (Å²) in [4.78, 5) is 13.3. The van der Waals surface area contributed by atoms with Crippen molar-refractivity contribution in [1.82, 2.24) is 19.5 Å². The lowest BCUT2D eigenvalue weighted by Gasteiger charge is -2.26. The van der Waals surface area contributed by atoms with E-state index in [9.17, 15) is 5.11 Å². The Hall–Kier alpha value is -3.25. The number of anilines is 1. The number of rotatable bonds is 5. The molecule has 3 N–H and O–H groups in total. The van der Waals surface area contributed by atoms with Crippen molar-refractivity contribution in [1.29, 1.82) is 0 Å². The fraction of sp³-hybridized carbons (Fsp3) is 0.346. The van der Waals surface area contributed by atoms with Crippen LogP contribution in [0.2, 0.25) is 0 Å². The molecule has 32 heavy (non-hydrogen) atoms. The lowest BCUT2D eigenvalue weighted by molar-refractivity contribution is 0.151. The first kappa shape index (κ1) is 22.0. The fourth-order valence-corrected chi connectivity index (χ4v) is 4.17. The Labute approximate surface area is 189 Å². The number of fused-ring (bicyclic) bond motifs is 1. The summed E-state index contributed by atoms with van der Waals surface area (Å²) >= 11 is 0. The van der Waals surface area contributed by atoms with Gasteiger partial charge in [0.15, 0.2) is 0 Å². The third-order valence-corrected chi connectivity index (χ3v) is 5.59. The van der Waals surface area contributed by atoms with Crippen molar-refractivity contribution in [2.75, 3.05) is 5.73 Å². The highest BCUT2D eigenvalue weighted by molar-refractivity contribution is 5.86. The molecule has 6 heteroatoms. The van der Waals surface area contributed by atoms with Gasteiger partial charge >= 0.3 is 0 Å². The van der Waals surface area contributed by atoms with Gasteiger partial charge in [-0.2, -0.15) is 0 Å². The van der Waals surface area contributed by atoms with Crippen molar-refractivity contribution in [3.05, 3.63) is 60.4 Å². The van der Waals surface area contributed by atoms with Gasteiger partial charge in [0.25, 0.3) is 0 Å². The molecular weight excluding hydrogens is 398 g/mol. The molecule has 0 spiro atoms. The SMILES string of the molecule is CC(C)CC(O)c1ccccc1-c1nc2cc(-c3cnc(N)nc3)ccc2n1C(C)(C)C. The number of aromatic nitrogens is 4. The molecular formula is C26H31N5O. The third-order valence-electron chi connectivity index (χ3n) is 5.59. The minimum absolute atomic E-state index is 0.202. The van der Waals surface area contributed by atoms with Crippen molar-refractivity contribution >= 4 is 17.0 Å². The molecule has 0 radical (unpaired) electrons. The first-order valence-electron chi connectivity index (χ1n) is 11.0. The molecule has 0 aliphatic carbocycles. The predicted molar refractivity (Wildman–Crippen MR) is 130 cm³/mol. The van der Waals surface area contributed by atoms with E-state index in [0.717, 1.165) is 39.1 Å². The summed E-state index contributed by atoms with van der Waals surface area (Å²) in [6.45, 7) is 10.8. The molecule has 6 nitrogen and oxygen atoms in total. The second kappa shape index (κ2) is 8.36. The molecule has 0 aliphatic rings. The van der Waals surface area contributed by atoms with E-state index >= 15 is 0 Å². The minimum Gasteiger partial charge on any atom is -0.388 e. The second-order valence-electron chi connectivity index (χ2n) is 9.71. The van der Waals surface area contributed by atoms with Crippen LogP contribution in [-0.4, -0.2) is 24.6 Å². The number of nitrogen functional groups attached to an aromatic ring is 1. The summed E-state index contributed by atoms with van der Waals surface area (Å²) in [6.07, 6.45) is 3.61. The van der Waals surface area contributed by atoms with E-state index < -0.39 is 6.10 Å². The maximum absolute atomic E-state index is 11.0. The zero-order valence-corrected chi connectivity index (χ0v) is 19.4. The first-order chi connectivity index (χ1) is 15.1. The van der Waals surface area contributed by atoms with Crippen LogP contribution in [0.4, 0.5) is 5.95 Å². The Morgan fingerprint density at radius 1 is 1.00 bits per heavy atom. The van der Waals surface area contributed by atoms with Crippen molar-refractivity contribution < 1.29 is 5.11 Å². The molecule has 0 aliphatic heterocycles. The van der Waals surface area contributed by atoms with Crippen LogP contribution in [0.3, 0.4) is 0 Å². The van der Waals surface area contributed by atoms with Gasteiger partial charge in [-0.05, 0) is 56.4 Å². The van der Waals surface area contributed by atoms with E-state index in [2.05, 4.69) is 73.4 Å². The summed E-state index contributed by atoms with van der Waals surface area (Å²) in [5.74, 6) is 1.51. The van der Waals surface area contributed by atoms with E-state index in [0.29, 0.717) is 12.3 Å². The summed E-state index contributed by atoms with van der Waals surface area (Å²) in [5.41, 5.74) is 11.1. The van der Waals surface area contributed by atoms with Crippen LogP contribution in [0.15, 0.2) is 54.9 Å². The zero-order valence-electron chi connectivity index (χ0n) is 19.4. The summed E-state index contributed by atoms with van der Waals surface area (Å²) < 4.78 is 2.26. The van der Waals surface area contributed by atoms with Crippen molar-refractivity contribution in [3.8, 4) is 22.5 Å². The average molecular weight is 430 g/mol. The van der Waals surface area contributed by atoms with Crippen LogP contribution in [0.1, 0.15) is 52.7 Å². The van der Waals surface area contributed by atoms with Crippen LogP contribution >= 0.6 is 0 Å². The number of nitrogens with two attached hydrogens (primary N) is 1. The highest BCUT2D eigenvalue weighted by Crippen LogP contribution is 2.37. The number of aliphatic hydroxyl groups excluding tert-OH is 1. The predicted octanol–water partition coefficient (Wildman–Crippen LogP) is 5.58. The van der Waals surface area contributed by atoms with Crippen molar-refractivity contribution in [3.63, 3.8) is 0 Å². The van der Waals surface area contributed by atoms with Gasteiger partial charge in [0.1, 0.15) is 5.82 Å². The monoisotopic (exact) mass is 429 g/mol. The van der Waals surface area contributed by atoms with E-state index in [4.69, 9.17) is 10.7 Å². The van der Waals surface area contributed by atoms with Crippen LogP contribution < -0.4 is 5.73 Å². The molecule has 2 heterocycles. The van der Waals surface area contributed by atoms with E-state index in [1.165, 1.54) is 0 Å². The molecule has 166 valence electrons. The van der Waals surface area contributed by atoms with Crippen molar-refractivity contribution in [2.24, 2.45) is 5.92 Å². The third kappa shape index (κ3) is 4.23. The number of aliphatic hydroxyl groups is 1. The number of imidazole rings is 1. The van der Waals surface area contributed by atoms with Gasteiger partial charge < -0.3 is 15.4 Å². The van der Waals surface area contributed by atoms with Gasteiger partial charge in [0.05, 0.1) is 17.1 Å². The van der Waals surface area contributed by atoms with Gasteiger partial charge in [0.2, 0.25) is 5.95 Å². The second-order valence-corrected chi connectivity index (χ2v) is 9.71. The van der Waals surface area contributed by atoms with Crippen LogP contribution in [-0.2, 0) is 5.54 Å². The molecule has 0 amide bonds. The number of hydrogen-bond donors (Lipinski definition) is 2. The van der Waals surface area contributed by atoms with Crippen LogP contribution in [0.5, 0.6) is 0 Å². The molecule has 2 aromatic carbocycles. The normalized spacial score (nSPS) is 13.1. The minimum atomic E-state index is -0.540. The van der Waals surface area contributed by atoms with Gasteiger partial charge in [-0.3, -0.25) is 0 Å². The zero-order chi connectivity index (χ0) is 23.0. The fourth-order valence-electron chi connectivity index (χ4n) is 4.17. The maximum Gasteiger partial charge on any atom is 0.219 e. The van der Waals surface area contributed by atoms with E-state index in [-0.39, 0.29) is 11.5 Å². The standard InChI is InChI=1S/C26H31N5O/c1-16(2)12-23(32)19-8-6-7-9-20(19)24-30-21-13-17(18-14-28-25(27)29-15-18)10-11-22(21)31(24)26(3,4)5/h6-11,13-16,23,32H,12H2,1-5H3,(H2,27,28,29). The Morgan fingerprint density at radius 2 is 1.69 bits per heavy atom. The highest BCUT2D eigenvalue weighted by atomic mass is 16.3. The van der Waals surface area contributed by atoms with Gasteiger partial charge in [0, 0.05) is 29.1 Å². The first-order valence-corrected chi connectivity index (χ1v) is 11.0.